The topological polar surface area (TPSA) is 33.1 Å². The molecule has 0 bridgehead atoms. The minimum absolute atomic E-state index is 0. The van der Waals surface area contributed by atoms with E-state index in [9.17, 15) is 5.11 Å². The summed E-state index contributed by atoms with van der Waals surface area (Å²) >= 11 is 0. The van der Waals surface area contributed by atoms with Gasteiger partial charge in [0.25, 0.3) is 0 Å². The molecule has 0 spiro atoms. The smallest absolute Gasteiger partial charge is 0.124 e. The van der Waals surface area contributed by atoms with Gasteiger partial charge < -0.3 is 5.11 Å². The van der Waals surface area contributed by atoms with Crippen molar-refractivity contribution in [2.24, 2.45) is 0 Å². The number of para-hydroxylation sites is 1. The van der Waals surface area contributed by atoms with Crippen molar-refractivity contribution < 1.29 is 24.6 Å². The molecule has 0 aliphatic carbocycles. The van der Waals surface area contributed by atoms with Gasteiger partial charge in [0.05, 0.1) is 14.5 Å². The van der Waals surface area contributed by atoms with Crippen molar-refractivity contribution in [3.63, 3.8) is 0 Å². The predicted molar refractivity (Wildman–Crippen MR) is 69.8 cm³/mol. The fraction of sp³-hybridized carbons (Fsp3) is 0.154. The Morgan fingerprint density at radius 1 is 1.00 bits per heavy atom. The molecular formula is C13H15NOSiZn. The van der Waals surface area contributed by atoms with Crippen LogP contribution in [0.2, 0.25) is 13.1 Å². The van der Waals surface area contributed by atoms with Gasteiger partial charge in [-0.1, -0.05) is 31.3 Å². The first-order chi connectivity index (χ1) is 7.68. The molecule has 17 heavy (non-hydrogen) atoms. The molecular weight excluding hydrogens is 280 g/mol. The van der Waals surface area contributed by atoms with Gasteiger partial charge in [-0.05, 0) is 24.3 Å². The minimum atomic E-state index is -0.889. The fourth-order valence-corrected chi connectivity index (χ4v) is 2.51. The second kappa shape index (κ2) is 6.08. The molecule has 2 nitrogen and oxygen atoms in total. The SMILES string of the molecule is C[SiH](C)c1cccc(-c2ccccc2O)n1.[Zn]. The number of pyridine rings is 1. The Labute approximate surface area is 116 Å². The van der Waals surface area contributed by atoms with Gasteiger partial charge in [-0.25, -0.2) is 0 Å². The van der Waals surface area contributed by atoms with E-state index in [4.69, 9.17) is 0 Å². The van der Waals surface area contributed by atoms with Crippen LogP contribution >= 0.6 is 0 Å². The van der Waals surface area contributed by atoms with Crippen LogP contribution in [0.3, 0.4) is 0 Å². The summed E-state index contributed by atoms with van der Waals surface area (Å²) in [6.45, 7) is 4.49. The molecule has 0 aliphatic rings. The first kappa shape index (κ1) is 14.1. The van der Waals surface area contributed by atoms with Crippen LogP contribution in [0.1, 0.15) is 0 Å². The largest absolute Gasteiger partial charge is 0.507 e. The monoisotopic (exact) mass is 293 g/mol. The summed E-state index contributed by atoms with van der Waals surface area (Å²) in [4.78, 5) is 4.61. The first-order valence-corrected chi connectivity index (χ1v) is 8.32. The number of aromatic hydroxyl groups is 1. The number of rotatable bonds is 2. The molecule has 84 valence electrons. The summed E-state index contributed by atoms with van der Waals surface area (Å²) in [5, 5.41) is 10.9. The van der Waals surface area contributed by atoms with Crippen LogP contribution in [0.25, 0.3) is 11.3 Å². The molecule has 1 heterocycles. The van der Waals surface area contributed by atoms with Crippen molar-refractivity contribution in [3.8, 4) is 17.0 Å². The van der Waals surface area contributed by atoms with E-state index in [0.29, 0.717) is 0 Å². The van der Waals surface area contributed by atoms with Crippen molar-refractivity contribution in [1.29, 1.82) is 0 Å². The second-order valence-electron chi connectivity index (χ2n) is 4.12. The number of hydrogen-bond donors (Lipinski definition) is 1. The van der Waals surface area contributed by atoms with Gasteiger partial charge in [0.2, 0.25) is 0 Å². The van der Waals surface area contributed by atoms with E-state index in [1.54, 1.807) is 6.07 Å². The van der Waals surface area contributed by atoms with Gasteiger partial charge >= 0.3 is 0 Å². The quantitative estimate of drug-likeness (QED) is 0.861. The van der Waals surface area contributed by atoms with E-state index in [2.05, 4.69) is 24.1 Å². The summed E-state index contributed by atoms with van der Waals surface area (Å²) in [5.41, 5.74) is 1.66. The van der Waals surface area contributed by atoms with E-state index in [1.165, 1.54) is 5.32 Å². The molecule has 1 aromatic heterocycles. The van der Waals surface area contributed by atoms with Crippen molar-refractivity contribution in [1.82, 2.24) is 4.98 Å². The number of aromatic nitrogens is 1. The summed E-state index contributed by atoms with van der Waals surface area (Å²) in [5.74, 6) is 0.289. The van der Waals surface area contributed by atoms with Crippen LogP contribution in [-0.2, 0) is 19.5 Å². The van der Waals surface area contributed by atoms with Crippen molar-refractivity contribution in [3.05, 3.63) is 42.5 Å². The number of hydrogen-bond acceptors (Lipinski definition) is 2. The molecule has 0 saturated carbocycles. The summed E-state index contributed by atoms with van der Waals surface area (Å²) in [6.07, 6.45) is 0. The molecule has 0 aliphatic heterocycles. The number of phenolic OH excluding ortho intramolecular Hbond substituents is 1. The Kier molecular flexibility index (Phi) is 5.03. The summed E-state index contributed by atoms with van der Waals surface area (Å²) in [7, 11) is -0.889. The zero-order valence-electron chi connectivity index (χ0n) is 10.2. The molecule has 0 radical (unpaired) electrons. The summed E-state index contributed by atoms with van der Waals surface area (Å²) in [6, 6.07) is 13.3. The van der Waals surface area contributed by atoms with Gasteiger partial charge in [0.15, 0.2) is 0 Å². The average Bonchev–Trinajstić information content (AvgIpc) is 2.30. The second-order valence-corrected chi connectivity index (χ2v) is 7.02. The first-order valence-electron chi connectivity index (χ1n) is 5.44. The van der Waals surface area contributed by atoms with Crippen molar-refractivity contribution in [2.75, 3.05) is 0 Å². The Morgan fingerprint density at radius 2 is 1.71 bits per heavy atom. The third kappa shape index (κ3) is 3.24. The van der Waals surface area contributed by atoms with Crippen LogP contribution in [0.15, 0.2) is 42.5 Å². The fourth-order valence-electron chi connectivity index (χ4n) is 1.61. The van der Waals surface area contributed by atoms with Crippen LogP contribution < -0.4 is 5.32 Å². The number of nitrogens with zero attached hydrogens (tertiary/aromatic N) is 1. The van der Waals surface area contributed by atoms with Gasteiger partial charge in [0.1, 0.15) is 5.75 Å². The van der Waals surface area contributed by atoms with Gasteiger partial charge in [-0.2, -0.15) is 0 Å². The Morgan fingerprint density at radius 3 is 2.35 bits per heavy atom. The van der Waals surface area contributed by atoms with E-state index < -0.39 is 8.80 Å². The van der Waals surface area contributed by atoms with E-state index in [0.717, 1.165) is 11.3 Å². The van der Waals surface area contributed by atoms with Crippen LogP contribution in [0.4, 0.5) is 0 Å². The molecule has 0 atom stereocenters. The number of phenols is 1. The maximum absolute atomic E-state index is 9.76. The molecule has 1 aromatic carbocycles. The Balaban J connectivity index is 0.00000144. The number of benzene rings is 1. The molecule has 0 saturated heterocycles. The van der Waals surface area contributed by atoms with E-state index in [-0.39, 0.29) is 25.2 Å². The minimum Gasteiger partial charge on any atom is -0.507 e. The van der Waals surface area contributed by atoms with Crippen molar-refractivity contribution in [2.45, 2.75) is 13.1 Å². The van der Waals surface area contributed by atoms with Crippen molar-refractivity contribution >= 4 is 14.1 Å². The molecule has 0 unspecified atom stereocenters. The molecule has 2 aromatic rings. The van der Waals surface area contributed by atoms with Crippen LogP contribution in [-0.4, -0.2) is 18.9 Å². The Bertz CT molecular complexity index is 502. The Hall–Kier alpha value is -0.990. The van der Waals surface area contributed by atoms with Gasteiger partial charge in [-0.3, -0.25) is 4.98 Å². The molecule has 2 rings (SSSR count). The van der Waals surface area contributed by atoms with Crippen LogP contribution in [0.5, 0.6) is 5.75 Å². The van der Waals surface area contributed by atoms with E-state index in [1.807, 2.05) is 30.3 Å². The maximum atomic E-state index is 9.76. The molecule has 1 N–H and O–H groups in total. The predicted octanol–water partition coefficient (Wildman–Crippen LogP) is 2.15. The van der Waals surface area contributed by atoms with Crippen LogP contribution in [0, 0.1) is 0 Å². The zero-order valence-corrected chi connectivity index (χ0v) is 14.3. The standard InChI is InChI=1S/C13H15NOSi.Zn/c1-16(2)13-9-5-7-11(14-13)10-6-3-4-8-12(10)15;/h3-9,15-16H,1-2H3;. The van der Waals surface area contributed by atoms with Gasteiger partial charge in [0, 0.05) is 30.4 Å². The molecule has 4 heteroatoms. The molecule has 0 fully saturated rings. The van der Waals surface area contributed by atoms with E-state index >= 15 is 0 Å². The molecule has 0 amide bonds. The third-order valence-corrected chi connectivity index (χ3v) is 4.05. The summed E-state index contributed by atoms with van der Waals surface area (Å²) < 4.78 is 0. The normalized spacial score (nSPS) is 10.1. The zero-order chi connectivity index (χ0) is 11.5. The average molecular weight is 295 g/mol. The van der Waals surface area contributed by atoms with Gasteiger partial charge in [-0.15, -0.1) is 0 Å². The maximum Gasteiger partial charge on any atom is 0.124 e. The third-order valence-electron chi connectivity index (χ3n) is 2.54.